The molecule has 3 rings (SSSR count). The van der Waals surface area contributed by atoms with Gasteiger partial charge in [-0.15, -0.1) is 0 Å². The van der Waals surface area contributed by atoms with Gasteiger partial charge in [0.2, 0.25) is 5.95 Å². The summed E-state index contributed by atoms with van der Waals surface area (Å²) in [6.45, 7) is 14.5. The molecule has 1 aromatic rings. The quantitative estimate of drug-likeness (QED) is 0.538. The van der Waals surface area contributed by atoms with E-state index >= 15 is 0 Å². The van der Waals surface area contributed by atoms with Crippen LogP contribution in [0.1, 0.15) is 33.6 Å². The molecule has 0 aromatic carbocycles. The Kier molecular flexibility index (Phi) is 8.27. The topological polar surface area (TPSA) is 77.9 Å². The standard InChI is InChI=1S/C22H39N7O/c1-22(2,3)19-18(7-5-16-30-19)17-27-20(23-4)24-10-11-28-12-14-29(15-13-28)21-25-8-6-9-26-21/h6,8-9,18-19H,5,7,10-17H2,1-4H3,(H2,23,24,27). The van der Waals surface area contributed by atoms with E-state index in [0.29, 0.717) is 12.0 Å². The molecule has 0 saturated carbocycles. The van der Waals surface area contributed by atoms with Crippen LogP contribution in [0.15, 0.2) is 23.5 Å². The summed E-state index contributed by atoms with van der Waals surface area (Å²) in [6, 6.07) is 1.86. The molecule has 0 bridgehead atoms. The zero-order valence-electron chi connectivity index (χ0n) is 19.1. The first-order chi connectivity index (χ1) is 14.5. The summed E-state index contributed by atoms with van der Waals surface area (Å²) >= 11 is 0. The van der Waals surface area contributed by atoms with Crippen molar-refractivity contribution in [3.63, 3.8) is 0 Å². The fourth-order valence-corrected chi connectivity index (χ4v) is 4.42. The zero-order valence-corrected chi connectivity index (χ0v) is 19.1. The molecule has 0 amide bonds. The highest BCUT2D eigenvalue weighted by atomic mass is 16.5. The molecule has 0 radical (unpaired) electrons. The van der Waals surface area contributed by atoms with Gasteiger partial charge in [-0.3, -0.25) is 9.89 Å². The van der Waals surface area contributed by atoms with Crippen LogP contribution in [0, 0.1) is 11.3 Å². The second-order valence-corrected chi connectivity index (χ2v) is 9.32. The van der Waals surface area contributed by atoms with Gasteiger partial charge in [-0.25, -0.2) is 9.97 Å². The molecule has 2 N–H and O–H groups in total. The van der Waals surface area contributed by atoms with E-state index in [1.165, 1.54) is 6.42 Å². The highest BCUT2D eigenvalue weighted by Gasteiger charge is 2.35. The van der Waals surface area contributed by atoms with Gasteiger partial charge in [0.1, 0.15) is 0 Å². The second-order valence-electron chi connectivity index (χ2n) is 9.32. The summed E-state index contributed by atoms with van der Waals surface area (Å²) in [4.78, 5) is 17.8. The average molecular weight is 418 g/mol. The second kappa shape index (κ2) is 10.9. The molecule has 2 aliphatic rings. The normalized spacial score (nSPS) is 24.0. The van der Waals surface area contributed by atoms with Crippen LogP contribution in [0.4, 0.5) is 5.95 Å². The molecule has 0 spiro atoms. The molecule has 1 aromatic heterocycles. The Morgan fingerprint density at radius 2 is 1.90 bits per heavy atom. The summed E-state index contributed by atoms with van der Waals surface area (Å²) in [6.07, 6.45) is 6.26. The minimum absolute atomic E-state index is 0.163. The van der Waals surface area contributed by atoms with Gasteiger partial charge in [-0.1, -0.05) is 20.8 Å². The first-order valence-electron chi connectivity index (χ1n) is 11.3. The lowest BCUT2D eigenvalue weighted by Crippen LogP contribution is -2.50. The number of hydrogen-bond donors (Lipinski definition) is 2. The highest BCUT2D eigenvalue weighted by Crippen LogP contribution is 2.33. The average Bonchev–Trinajstić information content (AvgIpc) is 2.77. The fraction of sp³-hybridized carbons (Fsp3) is 0.773. The van der Waals surface area contributed by atoms with Crippen LogP contribution in [0.25, 0.3) is 0 Å². The number of nitrogens with zero attached hydrogens (tertiary/aromatic N) is 5. The van der Waals surface area contributed by atoms with Gasteiger partial charge in [-0.05, 0) is 24.3 Å². The summed E-state index contributed by atoms with van der Waals surface area (Å²) in [7, 11) is 1.84. The van der Waals surface area contributed by atoms with Gasteiger partial charge >= 0.3 is 0 Å². The van der Waals surface area contributed by atoms with Gasteiger partial charge in [-0.2, -0.15) is 0 Å². The molecule has 2 unspecified atom stereocenters. The lowest BCUT2D eigenvalue weighted by Gasteiger charge is -2.40. The smallest absolute Gasteiger partial charge is 0.225 e. The van der Waals surface area contributed by atoms with Crippen molar-refractivity contribution >= 4 is 11.9 Å². The largest absolute Gasteiger partial charge is 0.377 e. The number of ether oxygens (including phenoxy) is 1. The van der Waals surface area contributed by atoms with Crippen LogP contribution in [0.3, 0.4) is 0 Å². The van der Waals surface area contributed by atoms with Crippen LogP contribution < -0.4 is 15.5 Å². The van der Waals surface area contributed by atoms with Crippen molar-refractivity contribution in [3.05, 3.63) is 18.5 Å². The van der Waals surface area contributed by atoms with E-state index in [1.54, 1.807) is 12.4 Å². The first-order valence-corrected chi connectivity index (χ1v) is 11.3. The predicted molar refractivity (Wildman–Crippen MR) is 122 cm³/mol. The summed E-state index contributed by atoms with van der Waals surface area (Å²) in [5.74, 6) is 2.23. The van der Waals surface area contributed by atoms with Crippen LogP contribution in [0.2, 0.25) is 0 Å². The van der Waals surface area contributed by atoms with Gasteiger partial charge < -0.3 is 20.3 Å². The lowest BCUT2D eigenvalue weighted by atomic mass is 9.78. The van der Waals surface area contributed by atoms with Crippen molar-refractivity contribution < 1.29 is 4.74 Å². The Morgan fingerprint density at radius 1 is 1.17 bits per heavy atom. The minimum atomic E-state index is 0.163. The molecular weight excluding hydrogens is 378 g/mol. The summed E-state index contributed by atoms with van der Waals surface area (Å²) in [5, 5.41) is 6.99. The van der Waals surface area contributed by atoms with E-state index in [2.05, 4.69) is 56.2 Å². The molecule has 30 heavy (non-hydrogen) atoms. The third kappa shape index (κ3) is 6.54. The Labute approximate surface area is 181 Å². The lowest BCUT2D eigenvalue weighted by molar-refractivity contribution is -0.0835. The Morgan fingerprint density at radius 3 is 2.57 bits per heavy atom. The maximum Gasteiger partial charge on any atom is 0.225 e. The molecular formula is C22H39N7O. The maximum atomic E-state index is 6.10. The maximum absolute atomic E-state index is 6.10. The molecule has 3 heterocycles. The number of piperazine rings is 1. The number of aliphatic imine (C=N–C) groups is 1. The van der Waals surface area contributed by atoms with Crippen LogP contribution >= 0.6 is 0 Å². The Balaban J connectivity index is 1.36. The van der Waals surface area contributed by atoms with E-state index in [1.807, 2.05) is 13.1 Å². The van der Waals surface area contributed by atoms with E-state index < -0.39 is 0 Å². The number of guanidine groups is 1. The van der Waals surface area contributed by atoms with Crippen molar-refractivity contribution in [1.29, 1.82) is 0 Å². The van der Waals surface area contributed by atoms with Crippen LogP contribution in [0.5, 0.6) is 0 Å². The molecule has 8 nitrogen and oxygen atoms in total. The van der Waals surface area contributed by atoms with E-state index in [4.69, 9.17) is 4.74 Å². The minimum Gasteiger partial charge on any atom is -0.377 e. The third-order valence-corrected chi connectivity index (χ3v) is 5.98. The molecule has 2 aliphatic heterocycles. The zero-order chi connectivity index (χ0) is 21.4. The molecule has 2 fully saturated rings. The van der Waals surface area contributed by atoms with E-state index in [-0.39, 0.29) is 5.41 Å². The molecule has 168 valence electrons. The van der Waals surface area contributed by atoms with E-state index in [0.717, 1.165) is 70.7 Å². The molecule has 2 saturated heterocycles. The monoisotopic (exact) mass is 417 g/mol. The van der Waals surface area contributed by atoms with Crippen LogP contribution in [-0.4, -0.2) is 86.4 Å². The van der Waals surface area contributed by atoms with Crippen molar-refractivity contribution in [2.24, 2.45) is 16.3 Å². The third-order valence-electron chi connectivity index (χ3n) is 5.98. The van der Waals surface area contributed by atoms with Gasteiger partial charge in [0.25, 0.3) is 0 Å². The van der Waals surface area contributed by atoms with Gasteiger partial charge in [0.05, 0.1) is 6.10 Å². The predicted octanol–water partition coefficient (Wildman–Crippen LogP) is 1.60. The van der Waals surface area contributed by atoms with Crippen LogP contribution in [-0.2, 0) is 4.74 Å². The summed E-state index contributed by atoms with van der Waals surface area (Å²) < 4.78 is 6.10. The van der Waals surface area contributed by atoms with Gasteiger partial charge in [0.15, 0.2) is 5.96 Å². The number of nitrogens with one attached hydrogen (secondary N) is 2. The van der Waals surface area contributed by atoms with Crippen molar-refractivity contribution in [1.82, 2.24) is 25.5 Å². The summed E-state index contributed by atoms with van der Waals surface area (Å²) in [5.41, 5.74) is 0.163. The Hall–Kier alpha value is -1.93. The first kappa shape index (κ1) is 22.7. The SMILES string of the molecule is CN=C(NCCN1CCN(c2ncccn2)CC1)NCC1CCCOC1C(C)(C)C. The fourth-order valence-electron chi connectivity index (χ4n) is 4.42. The highest BCUT2D eigenvalue weighted by molar-refractivity contribution is 5.79. The molecule has 2 atom stereocenters. The number of rotatable bonds is 6. The number of anilines is 1. The Bertz CT molecular complexity index is 653. The van der Waals surface area contributed by atoms with Gasteiger partial charge in [0, 0.05) is 77.8 Å². The number of aromatic nitrogens is 2. The van der Waals surface area contributed by atoms with Crippen molar-refractivity contribution in [3.8, 4) is 0 Å². The molecule has 8 heteroatoms. The molecule has 0 aliphatic carbocycles. The van der Waals surface area contributed by atoms with Crippen molar-refractivity contribution in [2.75, 3.05) is 64.4 Å². The van der Waals surface area contributed by atoms with E-state index in [9.17, 15) is 0 Å². The number of hydrogen-bond acceptors (Lipinski definition) is 6. The van der Waals surface area contributed by atoms with Crippen molar-refractivity contribution in [2.45, 2.75) is 39.7 Å².